The molecule has 2 amide bonds. The van der Waals surface area contributed by atoms with Gasteiger partial charge in [0, 0.05) is 25.6 Å². The molecule has 5 heteroatoms. The lowest BCUT2D eigenvalue weighted by molar-refractivity contribution is 0.0660. The first kappa shape index (κ1) is 15.6. The Kier molecular flexibility index (Phi) is 4.42. The van der Waals surface area contributed by atoms with Crippen LogP contribution in [-0.2, 0) is 0 Å². The standard InChI is InChI=1S/C16H24N2O3/c1-11(19)10-18(4)15(20)17-13-9-16(2,3)21-14-8-6-5-7-12(13)14/h5-8,11,13,19H,9-10H2,1-4H3,(H,17,20). The summed E-state index contributed by atoms with van der Waals surface area (Å²) >= 11 is 0. The second-order valence-electron chi connectivity index (χ2n) is 6.34. The van der Waals surface area contributed by atoms with Crippen molar-refractivity contribution in [1.82, 2.24) is 10.2 Å². The van der Waals surface area contributed by atoms with E-state index in [0.29, 0.717) is 13.0 Å². The van der Waals surface area contributed by atoms with Crippen LogP contribution in [0.15, 0.2) is 24.3 Å². The number of ether oxygens (including phenoxy) is 1. The summed E-state index contributed by atoms with van der Waals surface area (Å²) < 4.78 is 5.95. The SMILES string of the molecule is CC(O)CN(C)C(=O)NC1CC(C)(C)Oc2ccccc21. The number of benzene rings is 1. The molecule has 1 aromatic rings. The van der Waals surface area contributed by atoms with Crippen LogP contribution >= 0.6 is 0 Å². The molecule has 0 spiro atoms. The molecule has 0 saturated carbocycles. The van der Waals surface area contributed by atoms with E-state index in [1.165, 1.54) is 4.90 Å². The predicted octanol–water partition coefficient (Wildman–Crippen LogP) is 2.31. The van der Waals surface area contributed by atoms with Crippen LogP contribution in [0.5, 0.6) is 5.75 Å². The fraction of sp³-hybridized carbons (Fsp3) is 0.562. The van der Waals surface area contributed by atoms with Crippen LogP contribution in [0.25, 0.3) is 0 Å². The van der Waals surface area contributed by atoms with Crippen molar-refractivity contribution in [3.05, 3.63) is 29.8 Å². The predicted molar refractivity (Wildman–Crippen MR) is 81.3 cm³/mol. The molecule has 1 heterocycles. The Morgan fingerprint density at radius 2 is 2.19 bits per heavy atom. The Hall–Kier alpha value is -1.75. The third kappa shape index (κ3) is 3.88. The number of nitrogens with one attached hydrogen (secondary N) is 1. The van der Waals surface area contributed by atoms with E-state index in [0.717, 1.165) is 11.3 Å². The highest BCUT2D eigenvalue weighted by Crippen LogP contribution is 2.39. The van der Waals surface area contributed by atoms with E-state index in [1.807, 2.05) is 38.1 Å². The average molecular weight is 292 g/mol. The Balaban J connectivity index is 2.14. The maximum atomic E-state index is 12.2. The van der Waals surface area contributed by atoms with E-state index in [4.69, 9.17) is 4.74 Å². The third-order valence-electron chi connectivity index (χ3n) is 3.56. The number of carbonyl (C=O) groups is 1. The lowest BCUT2D eigenvalue weighted by Crippen LogP contribution is -2.46. The van der Waals surface area contributed by atoms with Gasteiger partial charge in [0.05, 0.1) is 12.1 Å². The van der Waals surface area contributed by atoms with Gasteiger partial charge in [0.25, 0.3) is 0 Å². The van der Waals surface area contributed by atoms with Gasteiger partial charge in [0.1, 0.15) is 11.4 Å². The molecule has 1 aliphatic heterocycles. The molecule has 2 atom stereocenters. The molecule has 0 bridgehead atoms. The molecular weight excluding hydrogens is 268 g/mol. The molecule has 116 valence electrons. The summed E-state index contributed by atoms with van der Waals surface area (Å²) in [7, 11) is 1.68. The number of aliphatic hydroxyl groups is 1. The maximum absolute atomic E-state index is 12.2. The molecule has 0 aliphatic carbocycles. The van der Waals surface area contributed by atoms with Gasteiger partial charge < -0.3 is 20.1 Å². The van der Waals surface area contributed by atoms with E-state index in [1.54, 1.807) is 14.0 Å². The molecule has 2 N–H and O–H groups in total. The van der Waals surface area contributed by atoms with Gasteiger partial charge in [-0.3, -0.25) is 0 Å². The number of aliphatic hydroxyl groups excluding tert-OH is 1. The molecule has 2 unspecified atom stereocenters. The minimum absolute atomic E-state index is 0.0890. The van der Waals surface area contributed by atoms with E-state index < -0.39 is 6.10 Å². The fourth-order valence-corrected chi connectivity index (χ4v) is 2.67. The van der Waals surface area contributed by atoms with Crippen molar-refractivity contribution in [2.24, 2.45) is 0 Å². The van der Waals surface area contributed by atoms with E-state index >= 15 is 0 Å². The smallest absolute Gasteiger partial charge is 0.317 e. The molecule has 21 heavy (non-hydrogen) atoms. The zero-order valence-electron chi connectivity index (χ0n) is 13.1. The lowest BCUT2D eigenvalue weighted by Gasteiger charge is -2.38. The topological polar surface area (TPSA) is 61.8 Å². The Labute approximate surface area is 125 Å². The van der Waals surface area contributed by atoms with Crippen molar-refractivity contribution in [2.75, 3.05) is 13.6 Å². The monoisotopic (exact) mass is 292 g/mol. The van der Waals surface area contributed by atoms with Crippen molar-refractivity contribution < 1.29 is 14.6 Å². The number of para-hydroxylation sites is 1. The molecular formula is C16H24N2O3. The van der Waals surface area contributed by atoms with Crippen LogP contribution in [0.3, 0.4) is 0 Å². The first-order valence-electron chi connectivity index (χ1n) is 7.26. The van der Waals surface area contributed by atoms with Gasteiger partial charge in [-0.05, 0) is 26.8 Å². The normalized spacial score (nSPS) is 20.9. The van der Waals surface area contributed by atoms with Crippen LogP contribution in [0.2, 0.25) is 0 Å². The quantitative estimate of drug-likeness (QED) is 0.898. The van der Waals surface area contributed by atoms with Crippen molar-refractivity contribution in [3.63, 3.8) is 0 Å². The van der Waals surface area contributed by atoms with Crippen LogP contribution in [0.1, 0.15) is 38.8 Å². The summed E-state index contributed by atoms with van der Waals surface area (Å²) in [6.07, 6.45) is 0.164. The van der Waals surface area contributed by atoms with Crippen molar-refractivity contribution in [2.45, 2.75) is 44.9 Å². The fourth-order valence-electron chi connectivity index (χ4n) is 2.67. The summed E-state index contributed by atoms with van der Waals surface area (Å²) in [5, 5.41) is 12.4. The number of likely N-dealkylation sites (N-methyl/N-ethyl adjacent to an activating group) is 1. The number of hydrogen-bond donors (Lipinski definition) is 2. The Bertz CT molecular complexity index is 514. The van der Waals surface area contributed by atoms with Gasteiger partial charge in [-0.2, -0.15) is 0 Å². The number of amides is 2. The molecule has 1 aliphatic rings. The number of urea groups is 1. The Morgan fingerprint density at radius 3 is 2.86 bits per heavy atom. The first-order valence-corrected chi connectivity index (χ1v) is 7.26. The zero-order chi connectivity index (χ0) is 15.6. The van der Waals surface area contributed by atoms with Crippen molar-refractivity contribution in [3.8, 4) is 5.75 Å². The van der Waals surface area contributed by atoms with E-state index in [-0.39, 0.29) is 17.7 Å². The maximum Gasteiger partial charge on any atom is 0.317 e. The molecule has 0 fully saturated rings. The molecule has 2 rings (SSSR count). The van der Waals surface area contributed by atoms with Crippen molar-refractivity contribution in [1.29, 1.82) is 0 Å². The summed E-state index contributed by atoms with van der Waals surface area (Å²) in [5.74, 6) is 0.817. The number of hydrogen-bond acceptors (Lipinski definition) is 3. The lowest BCUT2D eigenvalue weighted by atomic mass is 9.90. The molecule has 0 radical (unpaired) electrons. The highest BCUT2D eigenvalue weighted by molar-refractivity contribution is 5.74. The highest BCUT2D eigenvalue weighted by atomic mass is 16.5. The number of fused-ring (bicyclic) bond motifs is 1. The van der Waals surface area contributed by atoms with Gasteiger partial charge in [-0.15, -0.1) is 0 Å². The number of rotatable bonds is 3. The molecule has 5 nitrogen and oxygen atoms in total. The third-order valence-corrected chi connectivity index (χ3v) is 3.56. The van der Waals surface area contributed by atoms with Crippen LogP contribution in [0.4, 0.5) is 4.79 Å². The number of nitrogens with zero attached hydrogens (tertiary/aromatic N) is 1. The second-order valence-corrected chi connectivity index (χ2v) is 6.34. The molecule has 0 saturated heterocycles. The summed E-state index contributed by atoms with van der Waals surface area (Å²) in [6, 6.07) is 7.50. The largest absolute Gasteiger partial charge is 0.487 e. The van der Waals surface area contributed by atoms with E-state index in [2.05, 4.69) is 5.32 Å². The molecule has 1 aromatic carbocycles. The minimum atomic E-state index is -0.542. The minimum Gasteiger partial charge on any atom is -0.487 e. The molecule has 0 aromatic heterocycles. The van der Waals surface area contributed by atoms with E-state index in [9.17, 15) is 9.90 Å². The van der Waals surface area contributed by atoms with Gasteiger partial charge >= 0.3 is 6.03 Å². The number of carbonyl (C=O) groups excluding carboxylic acids is 1. The second kappa shape index (κ2) is 5.93. The van der Waals surface area contributed by atoms with Gasteiger partial charge in [0.2, 0.25) is 0 Å². The summed E-state index contributed by atoms with van der Waals surface area (Å²) in [4.78, 5) is 13.7. The first-order chi connectivity index (χ1) is 9.78. The van der Waals surface area contributed by atoms with Crippen LogP contribution < -0.4 is 10.1 Å². The van der Waals surface area contributed by atoms with Gasteiger partial charge in [0.15, 0.2) is 0 Å². The van der Waals surface area contributed by atoms with Crippen LogP contribution in [-0.4, -0.2) is 41.3 Å². The van der Waals surface area contributed by atoms with Crippen LogP contribution in [0, 0.1) is 0 Å². The average Bonchev–Trinajstić information content (AvgIpc) is 2.36. The van der Waals surface area contributed by atoms with Gasteiger partial charge in [-0.1, -0.05) is 18.2 Å². The van der Waals surface area contributed by atoms with Crippen molar-refractivity contribution >= 4 is 6.03 Å². The Morgan fingerprint density at radius 1 is 1.52 bits per heavy atom. The zero-order valence-corrected chi connectivity index (χ0v) is 13.1. The highest BCUT2D eigenvalue weighted by Gasteiger charge is 2.34. The summed E-state index contributed by atoms with van der Waals surface area (Å²) in [6.45, 7) is 6.00. The van der Waals surface area contributed by atoms with Gasteiger partial charge in [-0.25, -0.2) is 4.79 Å². The summed E-state index contributed by atoms with van der Waals surface area (Å²) in [5.41, 5.74) is 0.672.